The molecular formula is C16H15FO2. The van der Waals surface area contributed by atoms with Gasteiger partial charge in [-0.15, -0.1) is 0 Å². The van der Waals surface area contributed by atoms with Crippen molar-refractivity contribution in [2.45, 2.75) is 13.8 Å². The Morgan fingerprint density at radius 3 is 2.42 bits per heavy atom. The van der Waals surface area contributed by atoms with Crippen molar-refractivity contribution in [3.05, 3.63) is 65.0 Å². The Bertz CT molecular complexity index is 588. The van der Waals surface area contributed by atoms with Crippen LogP contribution in [0.1, 0.15) is 21.5 Å². The summed E-state index contributed by atoms with van der Waals surface area (Å²) in [6.07, 6.45) is 0. The molecule has 0 N–H and O–H groups in total. The van der Waals surface area contributed by atoms with Crippen LogP contribution in [0.3, 0.4) is 0 Å². The Morgan fingerprint density at radius 2 is 1.79 bits per heavy atom. The summed E-state index contributed by atoms with van der Waals surface area (Å²) in [7, 11) is 0. The van der Waals surface area contributed by atoms with E-state index in [1.165, 1.54) is 24.3 Å². The normalized spacial score (nSPS) is 10.3. The fourth-order valence-electron chi connectivity index (χ4n) is 1.82. The molecule has 0 bridgehead atoms. The summed E-state index contributed by atoms with van der Waals surface area (Å²) >= 11 is 0. The van der Waals surface area contributed by atoms with Gasteiger partial charge in [0, 0.05) is 5.56 Å². The van der Waals surface area contributed by atoms with Crippen molar-refractivity contribution in [1.82, 2.24) is 0 Å². The first-order valence-electron chi connectivity index (χ1n) is 6.05. The van der Waals surface area contributed by atoms with Gasteiger partial charge in [0.1, 0.15) is 11.6 Å². The van der Waals surface area contributed by atoms with Crippen LogP contribution in [-0.2, 0) is 0 Å². The molecule has 0 heterocycles. The van der Waals surface area contributed by atoms with Crippen LogP contribution in [0.5, 0.6) is 5.75 Å². The Balaban J connectivity index is 2.02. The molecule has 0 spiro atoms. The van der Waals surface area contributed by atoms with E-state index >= 15 is 0 Å². The molecule has 0 fully saturated rings. The summed E-state index contributed by atoms with van der Waals surface area (Å²) < 4.78 is 18.2. The standard InChI is InChI=1S/C16H15FO2/c1-11-3-8-16(12(2)9-11)19-10-15(18)13-4-6-14(17)7-5-13/h3-9H,10H2,1-2H3. The van der Waals surface area contributed by atoms with Crippen LogP contribution >= 0.6 is 0 Å². The molecule has 0 amide bonds. The van der Waals surface area contributed by atoms with E-state index in [1.807, 2.05) is 32.0 Å². The molecule has 0 saturated heterocycles. The number of hydrogen-bond donors (Lipinski definition) is 0. The molecule has 2 aromatic rings. The van der Waals surface area contributed by atoms with Gasteiger partial charge in [-0.1, -0.05) is 17.7 Å². The van der Waals surface area contributed by atoms with Crippen molar-refractivity contribution < 1.29 is 13.9 Å². The molecule has 0 atom stereocenters. The Hall–Kier alpha value is -2.16. The number of halogens is 1. The van der Waals surface area contributed by atoms with Gasteiger partial charge in [-0.3, -0.25) is 4.79 Å². The minimum Gasteiger partial charge on any atom is -0.485 e. The molecule has 0 radical (unpaired) electrons. The van der Waals surface area contributed by atoms with Crippen LogP contribution in [0.15, 0.2) is 42.5 Å². The van der Waals surface area contributed by atoms with E-state index in [0.717, 1.165) is 11.1 Å². The monoisotopic (exact) mass is 258 g/mol. The highest BCUT2D eigenvalue weighted by Crippen LogP contribution is 2.19. The summed E-state index contributed by atoms with van der Waals surface area (Å²) in [5.74, 6) is 0.174. The van der Waals surface area contributed by atoms with E-state index in [0.29, 0.717) is 11.3 Å². The van der Waals surface area contributed by atoms with Crippen LogP contribution in [0, 0.1) is 19.7 Å². The van der Waals surface area contributed by atoms with Gasteiger partial charge in [0.2, 0.25) is 0 Å². The smallest absolute Gasteiger partial charge is 0.200 e. The van der Waals surface area contributed by atoms with Crippen LogP contribution in [0.2, 0.25) is 0 Å². The summed E-state index contributed by atoms with van der Waals surface area (Å²) in [6, 6.07) is 11.2. The van der Waals surface area contributed by atoms with E-state index in [2.05, 4.69) is 0 Å². The molecule has 0 aliphatic carbocycles. The van der Waals surface area contributed by atoms with Crippen molar-refractivity contribution in [3.63, 3.8) is 0 Å². The summed E-state index contributed by atoms with van der Waals surface area (Å²) in [4.78, 5) is 11.9. The largest absolute Gasteiger partial charge is 0.485 e. The average molecular weight is 258 g/mol. The number of carbonyl (C=O) groups is 1. The maximum atomic E-state index is 12.7. The van der Waals surface area contributed by atoms with Gasteiger partial charge in [0.25, 0.3) is 0 Å². The van der Waals surface area contributed by atoms with E-state index in [-0.39, 0.29) is 18.2 Å². The van der Waals surface area contributed by atoms with Gasteiger partial charge in [-0.25, -0.2) is 4.39 Å². The summed E-state index contributed by atoms with van der Waals surface area (Å²) in [6.45, 7) is 3.89. The number of aryl methyl sites for hydroxylation is 2. The zero-order valence-corrected chi connectivity index (χ0v) is 10.9. The van der Waals surface area contributed by atoms with Gasteiger partial charge in [-0.2, -0.15) is 0 Å². The highest BCUT2D eigenvalue weighted by Gasteiger charge is 2.08. The number of ether oxygens (including phenoxy) is 1. The maximum Gasteiger partial charge on any atom is 0.200 e. The van der Waals surface area contributed by atoms with Crippen LogP contribution < -0.4 is 4.74 Å². The molecule has 0 unspecified atom stereocenters. The van der Waals surface area contributed by atoms with E-state index in [1.54, 1.807) is 0 Å². The van der Waals surface area contributed by atoms with Crippen molar-refractivity contribution in [2.24, 2.45) is 0 Å². The lowest BCUT2D eigenvalue weighted by Crippen LogP contribution is -2.12. The lowest BCUT2D eigenvalue weighted by Gasteiger charge is -2.09. The molecule has 0 aliphatic heterocycles. The third-order valence-electron chi connectivity index (χ3n) is 2.86. The predicted molar refractivity (Wildman–Crippen MR) is 72.1 cm³/mol. The van der Waals surface area contributed by atoms with Gasteiger partial charge < -0.3 is 4.74 Å². The quantitative estimate of drug-likeness (QED) is 0.781. The summed E-state index contributed by atoms with van der Waals surface area (Å²) in [5.41, 5.74) is 2.59. The molecule has 2 nitrogen and oxygen atoms in total. The van der Waals surface area contributed by atoms with Crippen molar-refractivity contribution >= 4 is 5.78 Å². The maximum absolute atomic E-state index is 12.7. The lowest BCUT2D eigenvalue weighted by atomic mass is 10.1. The van der Waals surface area contributed by atoms with Gasteiger partial charge >= 0.3 is 0 Å². The zero-order chi connectivity index (χ0) is 13.8. The Labute approximate surface area is 111 Å². The predicted octanol–water partition coefficient (Wildman–Crippen LogP) is 3.70. The first-order chi connectivity index (χ1) is 9.06. The third kappa shape index (κ3) is 3.41. The molecule has 98 valence electrons. The lowest BCUT2D eigenvalue weighted by molar-refractivity contribution is 0.0921. The number of Topliss-reactive ketones (excluding diaryl/α,β-unsaturated/α-hetero) is 1. The molecule has 0 aliphatic rings. The van der Waals surface area contributed by atoms with Crippen molar-refractivity contribution in [2.75, 3.05) is 6.61 Å². The number of carbonyl (C=O) groups excluding carboxylic acids is 1. The van der Waals surface area contributed by atoms with Gasteiger partial charge in [0.15, 0.2) is 12.4 Å². The molecule has 2 rings (SSSR count). The fourth-order valence-corrected chi connectivity index (χ4v) is 1.82. The SMILES string of the molecule is Cc1ccc(OCC(=O)c2ccc(F)cc2)c(C)c1. The molecule has 19 heavy (non-hydrogen) atoms. The zero-order valence-electron chi connectivity index (χ0n) is 10.9. The highest BCUT2D eigenvalue weighted by molar-refractivity contribution is 5.97. The minimum atomic E-state index is -0.355. The van der Waals surface area contributed by atoms with E-state index in [9.17, 15) is 9.18 Å². The summed E-state index contributed by atoms with van der Waals surface area (Å²) in [5, 5.41) is 0. The second-order valence-electron chi connectivity index (χ2n) is 4.49. The Morgan fingerprint density at radius 1 is 1.11 bits per heavy atom. The topological polar surface area (TPSA) is 26.3 Å². The third-order valence-corrected chi connectivity index (χ3v) is 2.86. The average Bonchev–Trinajstić information content (AvgIpc) is 2.38. The van der Waals surface area contributed by atoms with Crippen LogP contribution in [-0.4, -0.2) is 12.4 Å². The number of ketones is 1. The molecule has 2 aromatic carbocycles. The second-order valence-corrected chi connectivity index (χ2v) is 4.49. The minimum absolute atomic E-state index is 0.0461. The molecule has 3 heteroatoms. The van der Waals surface area contributed by atoms with Crippen molar-refractivity contribution in [3.8, 4) is 5.75 Å². The first kappa shape index (κ1) is 13.3. The van der Waals surface area contributed by atoms with Crippen LogP contribution in [0.25, 0.3) is 0 Å². The molecule has 0 aromatic heterocycles. The number of hydrogen-bond acceptors (Lipinski definition) is 2. The highest BCUT2D eigenvalue weighted by atomic mass is 19.1. The Kier molecular flexibility index (Phi) is 3.95. The van der Waals surface area contributed by atoms with E-state index < -0.39 is 0 Å². The van der Waals surface area contributed by atoms with Gasteiger partial charge in [0.05, 0.1) is 0 Å². The number of benzene rings is 2. The fraction of sp³-hybridized carbons (Fsp3) is 0.188. The van der Waals surface area contributed by atoms with E-state index in [4.69, 9.17) is 4.74 Å². The van der Waals surface area contributed by atoms with Crippen LogP contribution in [0.4, 0.5) is 4.39 Å². The first-order valence-corrected chi connectivity index (χ1v) is 6.05. The molecule has 0 saturated carbocycles. The number of rotatable bonds is 4. The van der Waals surface area contributed by atoms with Gasteiger partial charge in [-0.05, 0) is 49.7 Å². The van der Waals surface area contributed by atoms with Crippen molar-refractivity contribution in [1.29, 1.82) is 0 Å². The second kappa shape index (κ2) is 5.65. The molecular weight excluding hydrogens is 243 g/mol.